The molecule has 1 aliphatic rings. The highest BCUT2D eigenvalue weighted by molar-refractivity contribution is 7.91. The van der Waals surface area contributed by atoms with E-state index in [9.17, 15) is 8.42 Å². The summed E-state index contributed by atoms with van der Waals surface area (Å²) in [6.07, 6.45) is 1.54. The zero-order valence-corrected chi connectivity index (χ0v) is 10.1. The van der Waals surface area contributed by atoms with Gasteiger partial charge in [0.05, 0.1) is 12.4 Å². The average molecular weight is 242 g/mol. The first-order valence-electron chi connectivity index (χ1n) is 5.11. The summed E-state index contributed by atoms with van der Waals surface area (Å²) < 4.78 is 28.5. The molecule has 0 radical (unpaired) electrons. The maximum Gasteiger partial charge on any atom is 0.216 e. The smallest absolute Gasteiger partial charge is 0.216 e. The molecule has 0 aliphatic heterocycles. The second-order valence-corrected chi connectivity index (χ2v) is 6.26. The number of rotatable bonds is 4. The lowest BCUT2D eigenvalue weighted by atomic mass is 10.4. The Labute approximate surface area is 94.8 Å². The minimum Gasteiger partial charge on any atom is -0.481 e. The van der Waals surface area contributed by atoms with Crippen LogP contribution in [-0.4, -0.2) is 30.7 Å². The van der Waals surface area contributed by atoms with Gasteiger partial charge in [-0.1, -0.05) is 0 Å². The van der Waals surface area contributed by atoms with Gasteiger partial charge in [-0.2, -0.15) is 4.98 Å². The van der Waals surface area contributed by atoms with Crippen LogP contribution in [-0.2, 0) is 15.6 Å². The van der Waals surface area contributed by atoms with Crippen LogP contribution in [0.1, 0.15) is 24.4 Å². The van der Waals surface area contributed by atoms with Crippen molar-refractivity contribution in [2.75, 3.05) is 7.11 Å². The number of hydrogen-bond donors (Lipinski definition) is 0. The molecule has 1 aliphatic carbocycles. The van der Waals surface area contributed by atoms with Crippen LogP contribution in [0.3, 0.4) is 0 Å². The zero-order valence-electron chi connectivity index (χ0n) is 9.30. The first-order chi connectivity index (χ1) is 7.51. The van der Waals surface area contributed by atoms with E-state index in [1.54, 1.807) is 13.0 Å². The van der Waals surface area contributed by atoms with Gasteiger partial charge >= 0.3 is 0 Å². The number of aromatic nitrogens is 2. The molecule has 2 rings (SSSR count). The molecule has 1 aromatic heterocycles. The van der Waals surface area contributed by atoms with Crippen LogP contribution < -0.4 is 4.74 Å². The molecule has 0 N–H and O–H groups in total. The van der Waals surface area contributed by atoms with Crippen molar-refractivity contribution < 1.29 is 13.2 Å². The molecule has 1 aromatic rings. The third-order valence-electron chi connectivity index (χ3n) is 2.45. The first kappa shape index (κ1) is 11.3. The number of sulfone groups is 1. The molecule has 0 saturated heterocycles. The van der Waals surface area contributed by atoms with Gasteiger partial charge in [0.25, 0.3) is 0 Å². The van der Waals surface area contributed by atoms with E-state index in [0.29, 0.717) is 17.4 Å². The summed E-state index contributed by atoms with van der Waals surface area (Å²) >= 11 is 0. The standard InChI is InChI=1S/C10H14N2O3S/c1-7-5-10(15-2)12-9(11-7)6-16(13,14)8-3-4-8/h5,8H,3-4,6H2,1-2H3. The second kappa shape index (κ2) is 4.01. The van der Waals surface area contributed by atoms with Gasteiger partial charge in [-0.15, -0.1) is 0 Å². The highest BCUT2D eigenvalue weighted by atomic mass is 32.2. The highest BCUT2D eigenvalue weighted by Gasteiger charge is 2.36. The van der Waals surface area contributed by atoms with E-state index in [0.717, 1.165) is 12.8 Å². The molecule has 0 bridgehead atoms. The molecule has 1 fully saturated rings. The van der Waals surface area contributed by atoms with E-state index in [1.807, 2.05) is 0 Å². The largest absolute Gasteiger partial charge is 0.481 e. The van der Waals surface area contributed by atoms with Crippen molar-refractivity contribution >= 4 is 9.84 Å². The monoisotopic (exact) mass is 242 g/mol. The van der Waals surface area contributed by atoms with Gasteiger partial charge in [0, 0.05) is 11.8 Å². The van der Waals surface area contributed by atoms with Crippen molar-refractivity contribution in [2.45, 2.75) is 30.8 Å². The second-order valence-electron chi connectivity index (χ2n) is 3.97. The Balaban J connectivity index is 2.23. The summed E-state index contributed by atoms with van der Waals surface area (Å²) in [6.45, 7) is 1.79. The normalized spacial score (nSPS) is 16.1. The van der Waals surface area contributed by atoms with Gasteiger partial charge in [-0.05, 0) is 19.8 Å². The molecule has 16 heavy (non-hydrogen) atoms. The first-order valence-corrected chi connectivity index (χ1v) is 6.83. The summed E-state index contributed by atoms with van der Waals surface area (Å²) in [5.41, 5.74) is 0.716. The fourth-order valence-electron chi connectivity index (χ4n) is 1.49. The lowest BCUT2D eigenvalue weighted by molar-refractivity contribution is 0.394. The quantitative estimate of drug-likeness (QED) is 0.783. The number of methoxy groups -OCH3 is 1. The van der Waals surface area contributed by atoms with Crippen LogP contribution in [0.5, 0.6) is 5.88 Å². The maximum absolute atomic E-state index is 11.8. The minimum atomic E-state index is -3.06. The summed E-state index contributed by atoms with van der Waals surface area (Å²) in [5.74, 6) is 0.646. The van der Waals surface area contributed by atoms with Crippen molar-refractivity contribution in [1.29, 1.82) is 0 Å². The Bertz CT molecular complexity index is 495. The van der Waals surface area contributed by atoms with E-state index in [1.165, 1.54) is 7.11 Å². The molecule has 0 amide bonds. The van der Waals surface area contributed by atoms with E-state index in [2.05, 4.69) is 9.97 Å². The molecule has 1 heterocycles. The van der Waals surface area contributed by atoms with Gasteiger partial charge in [0.15, 0.2) is 9.84 Å². The SMILES string of the molecule is COc1cc(C)nc(CS(=O)(=O)C2CC2)n1. The lowest BCUT2D eigenvalue weighted by Crippen LogP contribution is -2.12. The molecule has 0 spiro atoms. The molecule has 6 heteroatoms. The fraction of sp³-hybridized carbons (Fsp3) is 0.600. The van der Waals surface area contributed by atoms with Crippen molar-refractivity contribution in [3.63, 3.8) is 0 Å². The fourth-order valence-corrected chi connectivity index (χ4v) is 3.07. The Kier molecular flexibility index (Phi) is 2.84. The Morgan fingerprint density at radius 3 is 2.69 bits per heavy atom. The van der Waals surface area contributed by atoms with Gasteiger partial charge in [-0.25, -0.2) is 13.4 Å². The Hall–Kier alpha value is -1.17. The third kappa shape index (κ3) is 2.49. The molecule has 0 atom stereocenters. The summed E-state index contributed by atoms with van der Waals surface area (Å²) in [7, 11) is -1.56. The maximum atomic E-state index is 11.8. The van der Waals surface area contributed by atoms with Gasteiger partial charge in [0.2, 0.25) is 5.88 Å². The van der Waals surface area contributed by atoms with Crippen LogP contribution in [0.2, 0.25) is 0 Å². The number of aryl methyl sites for hydroxylation is 1. The van der Waals surface area contributed by atoms with E-state index < -0.39 is 9.84 Å². The molecular weight excluding hydrogens is 228 g/mol. The number of hydrogen-bond acceptors (Lipinski definition) is 5. The summed E-state index contributed by atoms with van der Waals surface area (Å²) in [4.78, 5) is 8.14. The zero-order chi connectivity index (χ0) is 11.8. The van der Waals surface area contributed by atoms with Crippen LogP contribution in [0.4, 0.5) is 0 Å². The predicted octanol–water partition coefficient (Wildman–Crippen LogP) is 0.871. The molecule has 5 nitrogen and oxygen atoms in total. The molecular formula is C10H14N2O3S. The number of nitrogens with zero attached hydrogens (tertiary/aromatic N) is 2. The van der Waals surface area contributed by atoms with E-state index in [-0.39, 0.29) is 11.0 Å². The topological polar surface area (TPSA) is 69.2 Å². The van der Waals surface area contributed by atoms with Gasteiger partial charge in [-0.3, -0.25) is 0 Å². The molecule has 0 unspecified atom stereocenters. The van der Waals surface area contributed by atoms with Gasteiger partial charge in [0.1, 0.15) is 11.6 Å². The van der Waals surface area contributed by atoms with Crippen LogP contribution in [0.25, 0.3) is 0 Å². The average Bonchev–Trinajstić information content (AvgIpc) is 2.98. The van der Waals surface area contributed by atoms with Crippen molar-refractivity contribution in [3.05, 3.63) is 17.6 Å². The van der Waals surface area contributed by atoms with Crippen LogP contribution in [0.15, 0.2) is 6.07 Å². The van der Waals surface area contributed by atoms with E-state index in [4.69, 9.17) is 4.74 Å². The van der Waals surface area contributed by atoms with Crippen LogP contribution in [0, 0.1) is 6.92 Å². The third-order valence-corrected chi connectivity index (χ3v) is 4.60. The van der Waals surface area contributed by atoms with Crippen molar-refractivity contribution in [3.8, 4) is 5.88 Å². The summed E-state index contributed by atoms with van der Waals surface area (Å²) in [6, 6.07) is 1.67. The lowest BCUT2D eigenvalue weighted by Gasteiger charge is -2.05. The number of ether oxygens (including phenoxy) is 1. The Morgan fingerprint density at radius 1 is 1.44 bits per heavy atom. The molecule has 0 aromatic carbocycles. The van der Waals surface area contributed by atoms with Gasteiger partial charge < -0.3 is 4.74 Å². The Morgan fingerprint density at radius 2 is 2.12 bits per heavy atom. The highest BCUT2D eigenvalue weighted by Crippen LogP contribution is 2.30. The van der Waals surface area contributed by atoms with Crippen molar-refractivity contribution in [2.24, 2.45) is 0 Å². The molecule has 88 valence electrons. The van der Waals surface area contributed by atoms with Crippen LogP contribution >= 0.6 is 0 Å². The van der Waals surface area contributed by atoms with E-state index >= 15 is 0 Å². The van der Waals surface area contributed by atoms with Crippen molar-refractivity contribution in [1.82, 2.24) is 9.97 Å². The summed E-state index contributed by atoms with van der Waals surface area (Å²) in [5, 5.41) is -0.178. The predicted molar refractivity (Wildman–Crippen MR) is 59.0 cm³/mol. The molecule has 1 saturated carbocycles. The minimum absolute atomic E-state index is 0.0876.